The molecule has 1 aromatic rings. The smallest absolute Gasteiger partial charge is 0.327 e. The van der Waals surface area contributed by atoms with Crippen LogP contribution in [-0.2, 0) is 4.79 Å². The number of hydrogen-bond acceptors (Lipinski definition) is 5. The summed E-state index contributed by atoms with van der Waals surface area (Å²) in [6, 6.07) is -0.832. The number of aliphatic carboxylic acids is 1. The number of carbonyl (C=O) groups is 2. The third kappa shape index (κ3) is 2.31. The topological polar surface area (TPSA) is 103 Å². The number of nitrogens with one attached hydrogen (secondary N) is 1. The molecule has 0 aliphatic carbocycles. The largest absolute Gasteiger partial charge is 0.480 e. The average molecular weight is 255 g/mol. The Hall–Kier alpha value is -1.83. The molecule has 8 heteroatoms. The Morgan fingerprint density at radius 2 is 2.35 bits per heavy atom. The number of carboxylic acid groups (broad SMARTS) is 1. The predicted molar refractivity (Wildman–Crippen MR) is 59.8 cm³/mol. The Bertz CT molecular complexity index is 495. The highest BCUT2D eigenvalue weighted by atomic mass is 32.2. The number of hydrogen-bond donors (Lipinski definition) is 2. The van der Waals surface area contributed by atoms with Gasteiger partial charge in [-0.05, 0) is 0 Å². The minimum atomic E-state index is -1.03. The Morgan fingerprint density at radius 1 is 1.59 bits per heavy atom. The Kier molecular flexibility index (Phi) is 3.14. The molecule has 0 unspecified atom stereocenters. The number of rotatable bonds is 2. The maximum absolute atomic E-state index is 11.9. The molecule has 7 nitrogen and oxygen atoms in total. The third-order valence-corrected chi connectivity index (χ3v) is 3.33. The van der Waals surface area contributed by atoms with Crippen molar-refractivity contribution in [1.82, 2.24) is 14.9 Å². The van der Waals surface area contributed by atoms with Gasteiger partial charge < -0.3 is 15.0 Å². The first-order valence-corrected chi connectivity index (χ1v) is 5.91. The fourth-order valence-corrected chi connectivity index (χ4v) is 2.60. The van der Waals surface area contributed by atoms with Crippen molar-refractivity contribution in [2.24, 2.45) is 0 Å². The monoisotopic (exact) mass is 255 g/mol. The second kappa shape index (κ2) is 4.58. The van der Waals surface area contributed by atoms with Gasteiger partial charge in [0.05, 0.1) is 12.1 Å². The summed E-state index contributed by atoms with van der Waals surface area (Å²) in [7, 11) is 0. The van der Waals surface area contributed by atoms with E-state index in [1.165, 1.54) is 22.9 Å². The summed E-state index contributed by atoms with van der Waals surface area (Å²) in [4.78, 5) is 40.9. The molecule has 0 radical (unpaired) electrons. The highest BCUT2D eigenvalue weighted by molar-refractivity contribution is 7.99. The van der Waals surface area contributed by atoms with Crippen LogP contribution in [-0.4, -0.2) is 49.5 Å². The van der Waals surface area contributed by atoms with E-state index in [2.05, 4.69) is 9.97 Å². The van der Waals surface area contributed by atoms with Gasteiger partial charge in [-0.15, -0.1) is 11.8 Å². The van der Waals surface area contributed by atoms with Gasteiger partial charge in [0.2, 0.25) is 0 Å². The number of aromatic amines is 1. The first-order chi connectivity index (χ1) is 8.09. The van der Waals surface area contributed by atoms with Crippen LogP contribution >= 0.6 is 11.8 Å². The molecule has 2 rings (SSSR count). The van der Waals surface area contributed by atoms with E-state index >= 15 is 0 Å². The first-order valence-electron chi connectivity index (χ1n) is 4.76. The molecule has 0 bridgehead atoms. The van der Waals surface area contributed by atoms with E-state index in [1.54, 1.807) is 0 Å². The van der Waals surface area contributed by atoms with Crippen LogP contribution in [0.2, 0.25) is 0 Å². The second-order valence-electron chi connectivity index (χ2n) is 3.43. The maximum Gasteiger partial charge on any atom is 0.327 e. The molecule has 17 heavy (non-hydrogen) atoms. The van der Waals surface area contributed by atoms with E-state index in [0.717, 1.165) is 6.20 Å². The Labute approximate surface area is 99.9 Å². The lowest BCUT2D eigenvalue weighted by Gasteiger charge is -2.19. The van der Waals surface area contributed by atoms with E-state index in [-0.39, 0.29) is 5.69 Å². The standard InChI is InChI=1S/C9H9N3O4S/c13-7-2-10-5(1-11-7)8(14)12-4-17-3-6(12)9(15)16/h1-2,6H,3-4H2,(H,11,13)(H,15,16)/t6-/m0/s1. The molecule has 1 aliphatic rings. The summed E-state index contributed by atoms with van der Waals surface area (Å²) in [5.74, 6) is -0.840. The van der Waals surface area contributed by atoms with Crippen molar-refractivity contribution >= 4 is 23.6 Å². The van der Waals surface area contributed by atoms with Crippen LogP contribution in [0.25, 0.3) is 0 Å². The molecule has 1 amide bonds. The molecule has 1 aliphatic heterocycles. The molecule has 1 saturated heterocycles. The van der Waals surface area contributed by atoms with Gasteiger partial charge in [-0.2, -0.15) is 0 Å². The summed E-state index contributed by atoms with van der Waals surface area (Å²) in [6.45, 7) is 0. The molecule has 1 aromatic heterocycles. The van der Waals surface area contributed by atoms with Gasteiger partial charge >= 0.3 is 5.97 Å². The summed E-state index contributed by atoms with van der Waals surface area (Å²) in [5.41, 5.74) is -0.370. The molecule has 2 N–H and O–H groups in total. The number of amides is 1. The summed E-state index contributed by atoms with van der Waals surface area (Å²) >= 11 is 1.37. The van der Waals surface area contributed by atoms with Crippen molar-refractivity contribution < 1.29 is 14.7 Å². The number of nitrogens with zero attached hydrogens (tertiary/aromatic N) is 2. The Balaban J connectivity index is 2.22. The number of H-pyrrole nitrogens is 1. The van der Waals surface area contributed by atoms with Gasteiger partial charge in [0.1, 0.15) is 11.7 Å². The van der Waals surface area contributed by atoms with Crippen LogP contribution < -0.4 is 5.56 Å². The van der Waals surface area contributed by atoms with Gasteiger partial charge in [0, 0.05) is 11.9 Å². The van der Waals surface area contributed by atoms with Crippen LogP contribution in [0.4, 0.5) is 0 Å². The van der Waals surface area contributed by atoms with Crippen LogP contribution in [0.3, 0.4) is 0 Å². The molecule has 90 valence electrons. The molecule has 1 atom stereocenters. The highest BCUT2D eigenvalue weighted by Crippen LogP contribution is 2.22. The zero-order valence-corrected chi connectivity index (χ0v) is 9.44. The fourth-order valence-electron chi connectivity index (χ4n) is 1.45. The van der Waals surface area contributed by atoms with Crippen molar-refractivity contribution in [3.63, 3.8) is 0 Å². The number of thioether (sulfide) groups is 1. The first kappa shape index (κ1) is 11.6. The molecular formula is C9H9N3O4S. The van der Waals surface area contributed by atoms with Crippen LogP contribution in [0, 0.1) is 0 Å². The lowest BCUT2D eigenvalue weighted by molar-refractivity contribution is -0.140. The highest BCUT2D eigenvalue weighted by Gasteiger charge is 2.35. The summed E-state index contributed by atoms with van der Waals surface area (Å²) < 4.78 is 0. The minimum absolute atomic E-state index is 0.0401. The fraction of sp³-hybridized carbons (Fsp3) is 0.333. The molecular weight excluding hydrogens is 246 g/mol. The van der Waals surface area contributed by atoms with E-state index < -0.39 is 23.5 Å². The van der Waals surface area contributed by atoms with Gasteiger partial charge in [-0.3, -0.25) is 9.59 Å². The average Bonchev–Trinajstić information content (AvgIpc) is 2.78. The maximum atomic E-state index is 11.9. The van der Waals surface area contributed by atoms with Crippen molar-refractivity contribution in [2.45, 2.75) is 6.04 Å². The lowest BCUT2D eigenvalue weighted by atomic mass is 10.2. The van der Waals surface area contributed by atoms with Crippen LogP contribution in [0.5, 0.6) is 0 Å². The lowest BCUT2D eigenvalue weighted by Crippen LogP contribution is -2.42. The predicted octanol–water partition coefficient (Wildman–Crippen LogP) is -0.630. The van der Waals surface area contributed by atoms with E-state index in [4.69, 9.17) is 5.11 Å². The van der Waals surface area contributed by atoms with Gasteiger partial charge in [0.15, 0.2) is 0 Å². The normalized spacial score (nSPS) is 19.3. The van der Waals surface area contributed by atoms with Gasteiger partial charge in [0.25, 0.3) is 11.5 Å². The zero-order valence-electron chi connectivity index (χ0n) is 8.62. The van der Waals surface area contributed by atoms with E-state index in [9.17, 15) is 14.4 Å². The van der Waals surface area contributed by atoms with Crippen molar-refractivity contribution in [3.8, 4) is 0 Å². The van der Waals surface area contributed by atoms with Crippen molar-refractivity contribution in [1.29, 1.82) is 0 Å². The zero-order chi connectivity index (χ0) is 12.4. The molecule has 0 spiro atoms. The second-order valence-corrected chi connectivity index (χ2v) is 4.43. The Morgan fingerprint density at radius 3 is 2.94 bits per heavy atom. The molecule has 0 saturated carbocycles. The SMILES string of the molecule is O=C(O)[C@@H]1CSCN1C(=O)c1c[nH]c(=O)cn1. The van der Waals surface area contributed by atoms with Gasteiger partial charge in [-0.25, -0.2) is 9.78 Å². The summed E-state index contributed by atoms with van der Waals surface area (Å²) in [6.07, 6.45) is 2.18. The molecule has 2 heterocycles. The number of carbonyl (C=O) groups excluding carboxylic acids is 1. The van der Waals surface area contributed by atoms with E-state index in [0.29, 0.717) is 11.6 Å². The van der Waals surface area contributed by atoms with E-state index in [1.807, 2.05) is 0 Å². The van der Waals surface area contributed by atoms with Crippen LogP contribution in [0.1, 0.15) is 10.5 Å². The van der Waals surface area contributed by atoms with Crippen molar-refractivity contribution in [2.75, 3.05) is 11.6 Å². The van der Waals surface area contributed by atoms with Gasteiger partial charge in [-0.1, -0.05) is 0 Å². The third-order valence-electron chi connectivity index (χ3n) is 2.32. The minimum Gasteiger partial charge on any atom is -0.480 e. The quantitative estimate of drug-likeness (QED) is 0.729. The van der Waals surface area contributed by atoms with Crippen molar-refractivity contribution in [3.05, 3.63) is 28.4 Å². The summed E-state index contributed by atoms with van der Waals surface area (Å²) in [5, 5.41) is 8.94. The van der Waals surface area contributed by atoms with Crippen LogP contribution in [0.15, 0.2) is 17.2 Å². The number of aromatic nitrogens is 2. The molecule has 1 fully saturated rings. The number of carboxylic acids is 1. The molecule has 0 aromatic carbocycles.